The van der Waals surface area contributed by atoms with Crippen molar-refractivity contribution in [1.29, 1.82) is 0 Å². The summed E-state index contributed by atoms with van der Waals surface area (Å²) >= 11 is 2.02. The number of thiophene rings is 1. The molecule has 1 aromatic heterocycles. The van der Waals surface area contributed by atoms with E-state index in [1.54, 1.807) is 0 Å². The number of benzene rings is 4. The van der Waals surface area contributed by atoms with Crippen LogP contribution in [0.3, 0.4) is 0 Å². The third kappa shape index (κ3) is 4.46. The molecule has 2 nitrogen and oxygen atoms in total. The Bertz CT molecular complexity index is 2190. The number of hydrogen-bond donors (Lipinski definition) is 0. The van der Waals surface area contributed by atoms with Crippen LogP contribution in [0.1, 0.15) is 130 Å². The van der Waals surface area contributed by atoms with Gasteiger partial charge < -0.3 is 9.80 Å². The molecule has 50 heavy (non-hydrogen) atoms. The lowest BCUT2D eigenvalue weighted by Gasteiger charge is -2.48. The van der Waals surface area contributed by atoms with Crippen molar-refractivity contribution in [2.24, 2.45) is 0 Å². The number of rotatable bonds is 4. The summed E-state index contributed by atoms with van der Waals surface area (Å²) in [5.41, 5.74) is 17.1. The van der Waals surface area contributed by atoms with Gasteiger partial charge in [-0.3, -0.25) is 0 Å². The van der Waals surface area contributed by atoms with Gasteiger partial charge in [-0.15, -0.1) is 11.3 Å². The second-order valence-electron chi connectivity index (χ2n) is 18.5. The van der Waals surface area contributed by atoms with Crippen LogP contribution in [0, 0.1) is 0 Å². The van der Waals surface area contributed by atoms with E-state index in [1.165, 1.54) is 82.0 Å². The van der Waals surface area contributed by atoms with Crippen LogP contribution in [-0.4, -0.2) is 12.3 Å². The molecule has 4 heterocycles. The van der Waals surface area contributed by atoms with E-state index in [-0.39, 0.29) is 28.5 Å². The highest BCUT2D eigenvalue weighted by Gasteiger charge is 2.58. The van der Waals surface area contributed by atoms with Crippen molar-refractivity contribution in [3.63, 3.8) is 0 Å². The third-order valence-electron chi connectivity index (χ3n) is 13.0. The minimum Gasteiger partial charge on any atom is -0.336 e. The van der Waals surface area contributed by atoms with Crippen LogP contribution in [0.5, 0.6) is 0 Å². The molecule has 1 atom stereocenters. The highest BCUT2D eigenvalue weighted by atomic mass is 32.1. The maximum Gasteiger partial charge on any atom is 0.264 e. The van der Waals surface area contributed by atoms with Gasteiger partial charge in [0.2, 0.25) is 0 Å². The Morgan fingerprint density at radius 3 is 2.00 bits per heavy atom. The molecule has 0 saturated heterocycles. The first-order chi connectivity index (χ1) is 23.4. The molecule has 3 aliphatic heterocycles. The van der Waals surface area contributed by atoms with E-state index in [0.29, 0.717) is 5.92 Å². The second kappa shape index (κ2) is 10.8. The van der Waals surface area contributed by atoms with E-state index in [0.717, 1.165) is 12.8 Å². The summed E-state index contributed by atoms with van der Waals surface area (Å²) in [7, 11) is 0. The van der Waals surface area contributed by atoms with Crippen LogP contribution >= 0.6 is 11.3 Å². The first-order valence-electron chi connectivity index (χ1n) is 19.0. The molecule has 3 aliphatic rings. The molecule has 4 aromatic carbocycles. The first kappa shape index (κ1) is 33.6. The minimum atomic E-state index is -0.0965. The first-order valence-corrected chi connectivity index (χ1v) is 19.9. The zero-order chi connectivity index (χ0) is 35.9. The molecular formula is C46H55BN2S. The van der Waals surface area contributed by atoms with Crippen molar-refractivity contribution in [2.45, 2.75) is 131 Å². The van der Waals surface area contributed by atoms with Crippen molar-refractivity contribution in [2.75, 3.05) is 9.80 Å². The molecule has 0 saturated carbocycles. The smallest absolute Gasteiger partial charge is 0.264 e. The standard InChI is InChI=1S/C46H55BN2S/c1-14-28-22-36-39-37(23-28)49-41-34(46(13,15-2)45(49,11)12)24-29(27(3)4)25-35(41)47(39)42-40(33-26-31(44(8,9)10)18-21-38(33)50-42)48(36)32-19-16-30(17-20-32)43(5,6)7/h16-27H,14-15H2,1-13H3. The van der Waals surface area contributed by atoms with Gasteiger partial charge in [0, 0.05) is 48.6 Å². The fourth-order valence-electron chi connectivity index (χ4n) is 9.28. The summed E-state index contributed by atoms with van der Waals surface area (Å²) in [4.78, 5) is 5.44. The van der Waals surface area contributed by atoms with Crippen LogP contribution in [0.4, 0.5) is 28.4 Å². The lowest BCUT2D eigenvalue weighted by molar-refractivity contribution is 0.293. The van der Waals surface area contributed by atoms with Gasteiger partial charge in [-0.25, -0.2) is 0 Å². The van der Waals surface area contributed by atoms with Crippen molar-refractivity contribution in [3.8, 4) is 0 Å². The lowest BCUT2D eigenvalue weighted by atomic mass is 9.36. The molecule has 1 unspecified atom stereocenters. The predicted molar refractivity (Wildman–Crippen MR) is 222 cm³/mol. The molecule has 0 N–H and O–H groups in total. The molecule has 258 valence electrons. The van der Waals surface area contributed by atoms with E-state index in [1.807, 2.05) is 11.3 Å². The Labute approximate surface area is 306 Å². The van der Waals surface area contributed by atoms with E-state index in [9.17, 15) is 0 Å². The molecule has 8 rings (SSSR count). The number of nitrogens with zero attached hydrogens (tertiary/aromatic N) is 2. The largest absolute Gasteiger partial charge is 0.336 e. The van der Waals surface area contributed by atoms with E-state index in [4.69, 9.17) is 0 Å². The monoisotopic (exact) mass is 678 g/mol. The van der Waals surface area contributed by atoms with Crippen molar-refractivity contribution < 1.29 is 0 Å². The van der Waals surface area contributed by atoms with Crippen molar-refractivity contribution in [3.05, 3.63) is 94.5 Å². The van der Waals surface area contributed by atoms with Gasteiger partial charge in [0.15, 0.2) is 0 Å². The van der Waals surface area contributed by atoms with Gasteiger partial charge >= 0.3 is 0 Å². The second-order valence-corrected chi connectivity index (χ2v) is 19.6. The van der Waals surface area contributed by atoms with Gasteiger partial charge in [0.25, 0.3) is 6.71 Å². The average molecular weight is 679 g/mol. The Kier molecular flexibility index (Phi) is 7.24. The van der Waals surface area contributed by atoms with E-state index in [2.05, 4.69) is 167 Å². The molecule has 0 spiro atoms. The molecule has 0 radical (unpaired) electrons. The Morgan fingerprint density at radius 2 is 1.40 bits per heavy atom. The zero-order valence-corrected chi connectivity index (χ0v) is 33.5. The molecule has 0 bridgehead atoms. The average Bonchev–Trinajstić information content (AvgIpc) is 3.52. The van der Waals surface area contributed by atoms with Crippen molar-refractivity contribution in [1.82, 2.24) is 0 Å². The quantitative estimate of drug-likeness (QED) is 0.171. The summed E-state index contributed by atoms with van der Waals surface area (Å²) in [6, 6.07) is 27.0. The number of hydrogen-bond acceptors (Lipinski definition) is 3. The molecule has 0 aliphatic carbocycles. The van der Waals surface area contributed by atoms with Crippen LogP contribution in [0.25, 0.3) is 10.1 Å². The maximum absolute atomic E-state index is 2.79. The van der Waals surface area contributed by atoms with Crippen LogP contribution in [0.2, 0.25) is 0 Å². The Balaban J connectivity index is 1.53. The fraction of sp³-hybridized carbons (Fsp3) is 0.435. The summed E-state index contributed by atoms with van der Waals surface area (Å²) in [5.74, 6) is 0.454. The molecule has 4 heteroatoms. The van der Waals surface area contributed by atoms with E-state index < -0.39 is 0 Å². The van der Waals surface area contributed by atoms with Gasteiger partial charge in [0.05, 0.1) is 5.69 Å². The summed E-state index contributed by atoms with van der Waals surface area (Å²) in [6.07, 6.45) is 2.10. The molecule has 0 amide bonds. The van der Waals surface area contributed by atoms with Crippen LogP contribution in [-0.2, 0) is 22.7 Å². The Morgan fingerprint density at radius 1 is 0.760 bits per heavy atom. The summed E-state index contributed by atoms with van der Waals surface area (Å²) in [6.45, 7) is 31.1. The fourth-order valence-corrected chi connectivity index (χ4v) is 10.6. The van der Waals surface area contributed by atoms with Gasteiger partial charge in [-0.1, -0.05) is 106 Å². The maximum atomic E-state index is 2.79. The van der Waals surface area contributed by atoms with Crippen LogP contribution in [0.15, 0.2) is 66.7 Å². The highest BCUT2D eigenvalue weighted by molar-refractivity contribution is 7.33. The van der Waals surface area contributed by atoms with Crippen LogP contribution < -0.4 is 25.5 Å². The third-order valence-corrected chi connectivity index (χ3v) is 14.2. The Hall–Kier alpha value is -3.50. The highest BCUT2D eigenvalue weighted by Crippen LogP contribution is 2.59. The predicted octanol–water partition coefficient (Wildman–Crippen LogP) is 11.4. The molecule has 0 fully saturated rings. The van der Waals surface area contributed by atoms with Crippen molar-refractivity contribution >= 4 is 72.3 Å². The topological polar surface area (TPSA) is 6.48 Å². The lowest BCUT2D eigenvalue weighted by Crippen LogP contribution is -2.63. The van der Waals surface area contributed by atoms with E-state index >= 15 is 0 Å². The minimum absolute atomic E-state index is 0.0116. The number of anilines is 5. The number of aryl methyl sites for hydroxylation is 1. The summed E-state index contributed by atoms with van der Waals surface area (Å²) in [5, 5.41) is 1.38. The molecular weight excluding hydrogens is 623 g/mol. The SMILES string of the molecule is CCc1cc2c3c(c1)N1c4c(cc(C(C)C)cc4C(C)(CC)C1(C)C)B3c1sc3ccc(C(C)(C)C)cc3c1N2c1ccc(C(C)(C)C)cc1. The summed E-state index contributed by atoms with van der Waals surface area (Å²) < 4.78 is 2.86. The molecule has 5 aromatic rings. The van der Waals surface area contributed by atoms with Gasteiger partial charge in [0.1, 0.15) is 0 Å². The zero-order valence-electron chi connectivity index (χ0n) is 32.7. The normalized spacial score (nSPS) is 19.0. The number of fused-ring (bicyclic) bond motifs is 6. The van der Waals surface area contributed by atoms with Gasteiger partial charge in [-0.2, -0.15) is 0 Å². The van der Waals surface area contributed by atoms with Gasteiger partial charge in [-0.05, 0) is 119 Å².